The Morgan fingerprint density at radius 3 is 2.39 bits per heavy atom. The molecule has 2 unspecified atom stereocenters. The monoisotopic (exact) mass is 450 g/mol. The molecule has 174 valence electrons. The number of carbonyl (C=O) groups is 2. The number of nitrogens with one attached hydrogen (secondary N) is 1. The minimum Gasteiger partial charge on any atom is -0.489 e. The van der Waals surface area contributed by atoms with Crippen molar-refractivity contribution in [3.63, 3.8) is 0 Å². The molecule has 0 spiro atoms. The van der Waals surface area contributed by atoms with Crippen molar-refractivity contribution in [2.75, 3.05) is 5.32 Å². The van der Waals surface area contributed by atoms with Crippen LogP contribution in [0.1, 0.15) is 66.0 Å². The quantitative estimate of drug-likeness (QED) is 0.429. The first-order chi connectivity index (χ1) is 15.8. The van der Waals surface area contributed by atoms with Gasteiger partial charge in [0.25, 0.3) is 5.91 Å². The van der Waals surface area contributed by atoms with Crippen LogP contribution < -0.4 is 10.1 Å². The average molecular weight is 451 g/mol. The molecule has 0 aliphatic heterocycles. The number of aromatic nitrogens is 1. The molecule has 0 saturated heterocycles. The van der Waals surface area contributed by atoms with Crippen molar-refractivity contribution in [3.05, 3.63) is 76.7 Å². The zero-order chi connectivity index (χ0) is 24.0. The number of benzene rings is 2. The van der Waals surface area contributed by atoms with Crippen molar-refractivity contribution in [3.8, 4) is 5.75 Å². The Hall–Kier alpha value is -3.61. The molecule has 0 aliphatic carbocycles. The molecular formula is C26H30N2O5. The molecule has 1 aromatic heterocycles. The van der Waals surface area contributed by atoms with Crippen LogP contribution in [0.3, 0.4) is 0 Å². The van der Waals surface area contributed by atoms with Crippen LogP contribution in [0.25, 0.3) is 0 Å². The third-order valence-electron chi connectivity index (χ3n) is 5.67. The number of rotatable bonds is 9. The summed E-state index contributed by atoms with van der Waals surface area (Å²) < 4.78 is 16.3. The summed E-state index contributed by atoms with van der Waals surface area (Å²) in [5.74, 6) is 0.659. The molecule has 1 N–H and O–H groups in total. The van der Waals surface area contributed by atoms with E-state index < -0.39 is 12.1 Å². The maximum atomic E-state index is 12.6. The van der Waals surface area contributed by atoms with Crippen molar-refractivity contribution in [2.45, 2.75) is 59.7 Å². The SMILES string of the molecule is CCC(C)c1ccccc1NC(=O)C(C)OC(=O)c1ccc(OCc2c(C)noc2C)cc1. The number of esters is 1. The number of hydrogen-bond acceptors (Lipinski definition) is 6. The van der Waals surface area contributed by atoms with Gasteiger partial charge in [-0.1, -0.05) is 37.2 Å². The topological polar surface area (TPSA) is 90.7 Å². The lowest BCUT2D eigenvalue weighted by atomic mass is 9.97. The molecule has 0 aliphatic rings. The number of anilines is 1. The number of para-hydroxylation sites is 1. The Bertz CT molecular complexity index is 1080. The summed E-state index contributed by atoms with van der Waals surface area (Å²) >= 11 is 0. The molecule has 33 heavy (non-hydrogen) atoms. The van der Waals surface area contributed by atoms with Crippen LogP contribution in [0.5, 0.6) is 5.75 Å². The van der Waals surface area contributed by atoms with E-state index in [1.807, 2.05) is 38.1 Å². The summed E-state index contributed by atoms with van der Waals surface area (Å²) in [6.45, 7) is 9.77. The molecule has 1 amide bonds. The van der Waals surface area contributed by atoms with E-state index in [0.29, 0.717) is 29.6 Å². The molecule has 3 rings (SSSR count). The highest BCUT2D eigenvalue weighted by atomic mass is 16.5. The van der Waals surface area contributed by atoms with Gasteiger partial charge in [-0.15, -0.1) is 0 Å². The second-order valence-electron chi connectivity index (χ2n) is 8.05. The Morgan fingerprint density at radius 1 is 1.06 bits per heavy atom. The van der Waals surface area contributed by atoms with E-state index >= 15 is 0 Å². The summed E-state index contributed by atoms with van der Waals surface area (Å²) in [6.07, 6.45) is 0.00735. The van der Waals surface area contributed by atoms with Crippen LogP contribution in [0.4, 0.5) is 5.69 Å². The fraction of sp³-hybridized carbons (Fsp3) is 0.346. The van der Waals surface area contributed by atoms with E-state index in [4.69, 9.17) is 14.0 Å². The first kappa shape index (κ1) is 24.0. The first-order valence-corrected chi connectivity index (χ1v) is 11.1. The molecule has 7 nitrogen and oxygen atoms in total. The van der Waals surface area contributed by atoms with Gasteiger partial charge in [0.1, 0.15) is 18.1 Å². The molecule has 3 aromatic rings. The van der Waals surface area contributed by atoms with E-state index in [-0.39, 0.29) is 5.91 Å². The highest BCUT2D eigenvalue weighted by Crippen LogP contribution is 2.26. The smallest absolute Gasteiger partial charge is 0.338 e. The van der Waals surface area contributed by atoms with Crippen molar-refractivity contribution < 1.29 is 23.6 Å². The predicted molar refractivity (Wildman–Crippen MR) is 125 cm³/mol. The zero-order valence-electron chi connectivity index (χ0n) is 19.7. The predicted octanol–water partition coefficient (Wildman–Crippen LogP) is 5.57. The molecule has 2 aromatic carbocycles. The highest BCUT2D eigenvalue weighted by Gasteiger charge is 2.21. The number of ether oxygens (including phenoxy) is 2. The van der Waals surface area contributed by atoms with Gasteiger partial charge in [0.2, 0.25) is 0 Å². The maximum Gasteiger partial charge on any atom is 0.338 e. The third kappa shape index (κ3) is 6.00. The van der Waals surface area contributed by atoms with Crippen molar-refractivity contribution in [2.24, 2.45) is 0 Å². The summed E-state index contributed by atoms with van der Waals surface area (Å²) in [5, 5.41) is 6.78. The molecule has 1 heterocycles. The van der Waals surface area contributed by atoms with Gasteiger partial charge in [0.15, 0.2) is 6.10 Å². The van der Waals surface area contributed by atoms with Gasteiger partial charge in [0, 0.05) is 5.69 Å². The van der Waals surface area contributed by atoms with Gasteiger partial charge in [-0.05, 0) is 69.0 Å². The summed E-state index contributed by atoms with van der Waals surface area (Å²) in [6, 6.07) is 14.2. The van der Waals surface area contributed by atoms with Crippen LogP contribution in [0, 0.1) is 13.8 Å². The van der Waals surface area contributed by atoms with Crippen LogP contribution in [-0.2, 0) is 16.1 Å². The van der Waals surface area contributed by atoms with E-state index in [2.05, 4.69) is 24.3 Å². The van der Waals surface area contributed by atoms with Gasteiger partial charge in [-0.3, -0.25) is 4.79 Å². The zero-order valence-corrected chi connectivity index (χ0v) is 19.7. The fourth-order valence-corrected chi connectivity index (χ4v) is 3.33. The molecule has 0 fully saturated rings. The molecule has 7 heteroatoms. The van der Waals surface area contributed by atoms with Gasteiger partial charge in [-0.25, -0.2) is 4.79 Å². The third-order valence-corrected chi connectivity index (χ3v) is 5.67. The van der Waals surface area contributed by atoms with E-state index in [0.717, 1.165) is 28.9 Å². The summed E-state index contributed by atoms with van der Waals surface area (Å²) in [5.41, 5.74) is 3.80. The Balaban J connectivity index is 1.57. The van der Waals surface area contributed by atoms with Gasteiger partial charge in [-0.2, -0.15) is 0 Å². The van der Waals surface area contributed by atoms with Crippen LogP contribution in [0.15, 0.2) is 53.1 Å². The van der Waals surface area contributed by atoms with Gasteiger partial charge in [0.05, 0.1) is 16.8 Å². The average Bonchev–Trinajstić information content (AvgIpc) is 3.14. The molecule has 2 atom stereocenters. The second-order valence-corrected chi connectivity index (χ2v) is 8.05. The normalized spacial score (nSPS) is 12.6. The number of carbonyl (C=O) groups excluding carboxylic acids is 2. The Morgan fingerprint density at radius 2 is 1.76 bits per heavy atom. The summed E-state index contributed by atoms with van der Waals surface area (Å²) in [7, 11) is 0. The second kappa shape index (κ2) is 10.8. The van der Waals surface area contributed by atoms with Gasteiger partial charge < -0.3 is 19.3 Å². The lowest BCUT2D eigenvalue weighted by Gasteiger charge is -2.18. The summed E-state index contributed by atoms with van der Waals surface area (Å²) in [4.78, 5) is 25.1. The van der Waals surface area contributed by atoms with Crippen molar-refractivity contribution >= 4 is 17.6 Å². The molecular weight excluding hydrogens is 420 g/mol. The standard InChI is InChI=1S/C26H30N2O5/c1-6-16(2)22-9-7-8-10-24(22)27-25(29)19(5)32-26(30)20-11-13-21(14-12-20)31-15-23-17(3)28-33-18(23)4/h7-14,16,19H,6,15H2,1-5H3,(H,27,29). The van der Waals surface area contributed by atoms with E-state index in [9.17, 15) is 9.59 Å². The van der Waals surface area contributed by atoms with E-state index in [1.54, 1.807) is 31.2 Å². The molecule has 0 radical (unpaired) electrons. The maximum absolute atomic E-state index is 12.6. The van der Waals surface area contributed by atoms with Crippen LogP contribution >= 0.6 is 0 Å². The number of nitrogens with zero attached hydrogens (tertiary/aromatic N) is 1. The molecule has 0 saturated carbocycles. The fourth-order valence-electron chi connectivity index (χ4n) is 3.33. The van der Waals surface area contributed by atoms with E-state index in [1.165, 1.54) is 0 Å². The van der Waals surface area contributed by atoms with Crippen LogP contribution in [-0.4, -0.2) is 23.1 Å². The Labute approximate surface area is 194 Å². The lowest BCUT2D eigenvalue weighted by molar-refractivity contribution is -0.123. The van der Waals surface area contributed by atoms with Crippen LogP contribution in [0.2, 0.25) is 0 Å². The molecule has 0 bridgehead atoms. The van der Waals surface area contributed by atoms with Crippen molar-refractivity contribution in [1.82, 2.24) is 5.16 Å². The minimum atomic E-state index is -0.946. The Kier molecular flexibility index (Phi) is 7.87. The van der Waals surface area contributed by atoms with Gasteiger partial charge >= 0.3 is 5.97 Å². The largest absolute Gasteiger partial charge is 0.489 e. The number of amides is 1. The first-order valence-electron chi connectivity index (χ1n) is 11.1. The van der Waals surface area contributed by atoms with Crippen molar-refractivity contribution in [1.29, 1.82) is 0 Å². The lowest BCUT2D eigenvalue weighted by Crippen LogP contribution is -2.30. The number of hydrogen-bond donors (Lipinski definition) is 1. The number of aryl methyl sites for hydroxylation is 2. The minimum absolute atomic E-state index is 0.303. The highest BCUT2D eigenvalue weighted by molar-refractivity contribution is 5.97.